The van der Waals surface area contributed by atoms with E-state index in [0.29, 0.717) is 22.9 Å². The molecule has 0 spiro atoms. The van der Waals surface area contributed by atoms with Crippen molar-refractivity contribution in [2.75, 3.05) is 19.4 Å². The molecule has 0 saturated heterocycles. The smallest absolute Gasteiger partial charge is 0.256 e. The van der Waals surface area contributed by atoms with E-state index in [2.05, 4.69) is 0 Å². The van der Waals surface area contributed by atoms with Gasteiger partial charge in [-0.3, -0.25) is 4.79 Å². The van der Waals surface area contributed by atoms with Crippen LogP contribution in [0.2, 0.25) is 0 Å². The number of nitrogen functional groups attached to an aromatic ring is 1. The molecule has 0 atom stereocenters. The fourth-order valence-corrected chi connectivity index (χ4v) is 2.12. The summed E-state index contributed by atoms with van der Waals surface area (Å²) < 4.78 is 5.11. The number of hydrogen-bond acceptors (Lipinski definition) is 3. The second-order valence-electron chi connectivity index (χ2n) is 5.45. The van der Waals surface area contributed by atoms with Gasteiger partial charge in [0, 0.05) is 24.3 Å². The van der Waals surface area contributed by atoms with Gasteiger partial charge in [-0.2, -0.15) is 0 Å². The first kappa shape index (κ1) is 13.7. The largest absolute Gasteiger partial charge is 0.497 e. The van der Waals surface area contributed by atoms with Crippen LogP contribution in [0.4, 0.5) is 5.69 Å². The Labute approximate surface area is 114 Å². The van der Waals surface area contributed by atoms with E-state index in [4.69, 9.17) is 10.5 Å². The molecule has 104 valence electrons. The Morgan fingerprint density at radius 2 is 2.16 bits per heavy atom. The summed E-state index contributed by atoms with van der Waals surface area (Å²) in [7, 11) is 1.59. The average molecular weight is 262 g/mol. The zero-order valence-corrected chi connectivity index (χ0v) is 11.8. The first-order chi connectivity index (χ1) is 9.02. The molecule has 0 radical (unpaired) electrons. The number of benzene rings is 1. The number of rotatable bonds is 5. The molecule has 2 N–H and O–H groups in total. The van der Waals surface area contributed by atoms with Gasteiger partial charge in [-0.25, -0.2) is 0 Å². The summed E-state index contributed by atoms with van der Waals surface area (Å²) in [5.41, 5.74) is 7.00. The monoisotopic (exact) mass is 262 g/mol. The number of carbonyl (C=O) groups excluding carboxylic acids is 1. The van der Waals surface area contributed by atoms with Crippen molar-refractivity contribution in [2.24, 2.45) is 5.92 Å². The van der Waals surface area contributed by atoms with E-state index in [1.54, 1.807) is 25.3 Å². The molecule has 1 aliphatic rings. The first-order valence-electron chi connectivity index (χ1n) is 6.77. The maximum absolute atomic E-state index is 12.6. The van der Waals surface area contributed by atoms with Crippen molar-refractivity contribution in [3.05, 3.63) is 23.8 Å². The fraction of sp³-hybridized carbons (Fsp3) is 0.533. The lowest BCUT2D eigenvalue weighted by molar-refractivity contribution is 0.0697. The van der Waals surface area contributed by atoms with E-state index in [-0.39, 0.29) is 11.9 Å². The van der Waals surface area contributed by atoms with Gasteiger partial charge >= 0.3 is 0 Å². The van der Waals surface area contributed by atoms with Crippen LogP contribution in [0, 0.1) is 5.92 Å². The van der Waals surface area contributed by atoms with Crippen LogP contribution in [-0.4, -0.2) is 30.5 Å². The van der Waals surface area contributed by atoms with E-state index >= 15 is 0 Å². The molecule has 1 aromatic rings. The number of carbonyl (C=O) groups is 1. The predicted molar refractivity (Wildman–Crippen MR) is 76.3 cm³/mol. The zero-order chi connectivity index (χ0) is 14.0. The predicted octanol–water partition coefficient (Wildman–Crippen LogP) is 2.54. The van der Waals surface area contributed by atoms with Gasteiger partial charge in [0.05, 0.1) is 12.7 Å². The number of nitrogens with zero attached hydrogens (tertiary/aromatic N) is 1. The van der Waals surface area contributed by atoms with Crippen molar-refractivity contribution in [2.45, 2.75) is 32.7 Å². The van der Waals surface area contributed by atoms with E-state index in [1.165, 1.54) is 12.8 Å². The molecule has 1 aromatic carbocycles. The second-order valence-corrected chi connectivity index (χ2v) is 5.45. The van der Waals surface area contributed by atoms with E-state index < -0.39 is 0 Å². The highest BCUT2D eigenvalue weighted by molar-refractivity contribution is 5.99. The lowest BCUT2D eigenvalue weighted by Gasteiger charge is -2.27. The van der Waals surface area contributed by atoms with Gasteiger partial charge in [-0.05, 0) is 44.7 Å². The normalized spacial score (nSPS) is 14.5. The summed E-state index contributed by atoms with van der Waals surface area (Å²) in [5, 5.41) is 0. The molecular weight excluding hydrogens is 240 g/mol. The van der Waals surface area contributed by atoms with Crippen molar-refractivity contribution < 1.29 is 9.53 Å². The third-order valence-corrected chi connectivity index (χ3v) is 3.53. The van der Waals surface area contributed by atoms with Crippen LogP contribution >= 0.6 is 0 Å². The van der Waals surface area contributed by atoms with Gasteiger partial charge in [0.1, 0.15) is 5.75 Å². The average Bonchev–Trinajstić information content (AvgIpc) is 3.18. The Morgan fingerprint density at radius 1 is 1.47 bits per heavy atom. The Hall–Kier alpha value is -1.71. The van der Waals surface area contributed by atoms with Gasteiger partial charge in [0.25, 0.3) is 5.91 Å². The Morgan fingerprint density at radius 3 is 2.63 bits per heavy atom. The van der Waals surface area contributed by atoms with Gasteiger partial charge in [0.2, 0.25) is 0 Å². The molecule has 0 unspecified atom stereocenters. The Kier molecular flexibility index (Phi) is 3.98. The summed E-state index contributed by atoms with van der Waals surface area (Å²) in [4.78, 5) is 14.5. The minimum atomic E-state index is 0.0158. The number of anilines is 1. The molecule has 4 heteroatoms. The SMILES string of the molecule is COc1ccc(C(=O)N(CC2CC2)C(C)C)c(N)c1. The summed E-state index contributed by atoms with van der Waals surface area (Å²) in [6.45, 7) is 4.92. The third kappa shape index (κ3) is 3.19. The van der Waals surface area contributed by atoms with Crippen LogP contribution in [-0.2, 0) is 0 Å². The van der Waals surface area contributed by atoms with Gasteiger partial charge in [-0.1, -0.05) is 0 Å². The Bertz CT molecular complexity index is 467. The van der Waals surface area contributed by atoms with E-state index in [1.807, 2.05) is 18.7 Å². The molecule has 0 bridgehead atoms. The van der Waals surface area contributed by atoms with Gasteiger partial charge in [0.15, 0.2) is 0 Å². The van der Waals surface area contributed by atoms with Crippen molar-refractivity contribution in [3.8, 4) is 5.75 Å². The standard InChI is InChI=1S/C15H22N2O2/c1-10(2)17(9-11-4-5-11)15(18)13-7-6-12(19-3)8-14(13)16/h6-8,10-11H,4-5,9,16H2,1-3H3. The molecule has 2 rings (SSSR count). The second kappa shape index (κ2) is 5.51. The summed E-state index contributed by atoms with van der Waals surface area (Å²) in [6.07, 6.45) is 2.46. The zero-order valence-electron chi connectivity index (χ0n) is 11.8. The van der Waals surface area contributed by atoms with Crippen LogP contribution in [0.25, 0.3) is 0 Å². The van der Waals surface area contributed by atoms with Crippen molar-refractivity contribution >= 4 is 11.6 Å². The molecule has 1 fully saturated rings. The van der Waals surface area contributed by atoms with Crippen molar-refractivity contribution in [3.63, 3.8) is 0 Å². The molecule has 4 nitrogen and oxygen atoms in total. The van der Waals surface area contributed by atoms with E-state index in [0.717, 1.165) is 6.54 Å². The highest BCUT2D eigenvalue weighted by Gasteiger charge is 2.29. The fourth-order valence-electron chi connectivity index (χ4n) is 2.12. The van der Waals surface area contributed by atoms with Crippen molar-refractivity contribution in [1.29, 1.82) is 0 Å². The highest BCUT2D eigenvalue weighted by atomic mass is 16.5. The summed E-state index contributed by atoms with van der Waals surface area (Å²) in [6, 6.07) is 5.41. The highest BCUT2D eigenvalue weighted by Crippen LogP contribution is 2.31. The maximum atomic E-state index is 12.6. The summed E-state index contributed by atoms with van der Waals surface area (Å²) in [5.74, 6) is 1.36. The lowest BCUT2D eigenvalue weighted by Crippen LogP contribution is -2.38. The molecule has 1 aliphatic carbocycles. The molecule has 0 aliphatic heterocycles. The lowest BCUT2D eigenvalue weighted by atomic mass is 10.1. The molecular formula is C15H22N2O2. The Balaban J connectivity index is 2.20. The molecule has 1 saturated carbocycles. The van der Waals surface area contributed by atoms with Crippen LogP contribution < -0.4 is 10.5 Å². The van der Waals surface area contributed by atoms with Gasteiger partial charge < -0.3 is 15.4 Å². The molecule has 19 heavy (non-hydrogen) atoms. The minimum absolute atomic E-state index is 0.0158. The van der Waals surface area contributed by atoms with Crippen LogP contribution in [0.1, 0.15) is 37.0 Å². The third-order valence-electron chi connectivity index (χ3n) is 3.53. The molecule has 1 amide bonds. The van der Waals surface area contributed by atoms with Gasteiger partial charge in [-0.15, -0.1) is 0 Å². The number of hydrogen-bond donors (Lipinski definition) is 1. The minimum Gasteiger partial charge on any atom is -0.497 e. The number of methoxy groups -OCH3 is 1. The number of ether oxygens (including phenoxy) is 1. The number of nitrogens with two attached hydrogens (primary N) is 1. The van der Waals surface area contributed by atoms with Crippen LogP contribution in [0.3, 0.4) is 0 Å². The topological polar surface area (TPSA) is 55.6 Å². The summed E-state index contributed by atoms with van der Waals surface area (Å²) >= 11 is 0. The molecule has 0 heterocycles. The first-order valence-corrected chi connectivity index (χ1v) is 6.77. The molecule has 0 aromatic heterocycles. The van der Waals surface area contributed by atoms with Crippen LogP contribution in [0.5, 0.6) is 5.75 Å². The maximum Gasteiger partial charge on any atom is 0.256 e. The number of amides is 1. The quantitative estimate of drug-likeness (QED) is 0.830. The van der Waals surface area contributed by atoms with Crippen LogP contribution in [0.15, 0.2) is 18.2 Å². The van der Waals surface area contributed by atoms with Crippen molar-refractivity contribution in [1.82, 2.24) is 4.90 Å². The van der Waals surface area contributed by atoms with E-state index in [9.17, 15) is 4.79 Å².